The van der Waals surface area contributed by atoms with Crippen LogP contribution in [0.3, 0.4) is 0 Å². The van der Waals surface area contributed by atoms with Crippen LogP contribution in [0.15, 0.2) is 47.1 Å². The van der Waals surface area contributed by atoms with Gasteiger partial charge >= 0.3 is 5.97 Å². The van der Waals surface area contributed by atoms with E-state index in [2.05, 4.69) is 25.6 Å². The van der Waals surface area contributed by atoms with E-state index in [1.54, 1.807) is 18.4 Å². The van der Waals surface area contributed by atoms with E-state index in [9.17, 15) is 4.79 Å². The number of aromatic nitrogens is 4. The minimum absolute atomic E-state index is 0.0845. The van der Waals surface area contributed by atoms with Gasteiger partial charge in [-0.05, 0) is 41.5 Å². The van der Waals surface area contributed by atoms with E-state index in [1.165, 1.54) is 0 Å². The Labute approximate surface area is 167 Å². The molecule has 0 atom stereocenters. The van der Waals surface area contributed by atoms with Crippen molar-refractivity contribution in [3.05, 3.63) is 41.9 Å². The molecule has 8 nitrogen and oxygen atoms in total. The minimum atomic E-state index is -0.908. The zero-order valence-electron chi connectivity index (χ0n) is 14.7. The molecule has 4 aromatic rings. The van der Waals surface area contributed by atoms with Crippen molar-refractivity contribution >= 4 is 45.0 Å². The van der Waals surface area contributed by atoms with Gasteiger partial charge in [0.2, 0.25) is 0 Å². The van der Waals surface area contributed by atoms with Crippen LogP contribution in [-0.4, -0.2) is 44.1 Å². The number of H-pyrrole nitrogens is 1. The maximum absolute atomic E-state index is 10.7. The predicted octanol–water partition coefficient (Wildman–Crippen LogP) is 3.90. The first kappa shape index (κ1) is 18.4. The monoisotopic (exact) mass is 413 g/mol. The highest BCUT2D eigenvalue weighted by molar-refractivity contribution is 7.99. The standard InChI is InChI=1S/C18H15N5O3S2/c1-26-23-13-5-11(10-2-3-15-14(7-10)19-9-28-15)4-12(6-13)17-20-18(22-21-17)27-8-16(24)25/h2-7,9,23H,8H2,1H3,(H,24,25)(H,20,21,22). The van der Waals surface area contributed by atoms with Gasteiger partial charge in [0.25, 0.3) is 0 Å². The second-order valence-electron chi connectivity index (χ2n) is 5.80. The Balaban J connectivity index is 1.72. The average molecular weight is 413 g/mol. The molecule has 0 unspecified atom stereocenters. The first-order valence-corrected chi connectivity index (χ1v) is 10.0. The molecule has 2 aromatic carbocycles. The lowest BCUT2D eigenvalue weighted by molar-refractivity contribution is -0.133. The number of benzene rings is 2. The Bertz CT molecular complexity index is 1140. The Kier molecular flexibility index (Phi) is 5.24. The van der Waals surface area contributed by atoms with Crippen LogP contribution in [0.25, 0.3) is 32.7 Å². The second kappa shape index (κ2) is 7.97. The molecule has 0 fully saturated rings. The largest absolute Gasteiger partial charge is 0.481 e. The number of carboxylic acid groups (broad SMARTS) is 1. The fourth-order valence-corrected chi connectivity index (χ4v) is 3.90. The first-order valence-electron chi connectivity index (χ1n) is 8.18. The summed E-state index contributed by atoms with van der Waals surface area (Å²) < 4.78 is 1.13. The van der Waals surface area contributed by atoms with Crippen LogP contribution in [0.5, 0.6) is 0 Å². The average Bonchev–Trinajstić information content (AvgIpc) is 3.35. The van der Waals surface area contributed by atoms with Crippen molar-refractivity contribution in [1.82, 2.24) is 20.2 Å². The molecule has 28 heavy (non-hydrogen) atoms. The number of hydrogen-bond donors (Lipinski definition) is 3. The Morgan fingerprint density at radius 2 is 2.07 bits per heavy atom. The number of nitrogens with zero attached hydrogens (tertiary/aromatic N) is 3. The molecule has 142 valence electrons. The van der Waals surface area contributed by atoms with Crippen molar-refractivity contribution < 1.29 is 14.7 Å². The van der Waals surface area contributed by atoms with E-state index in [0.717, 1.165) is 44.4 Å². The molecule has 4 rings (SSSR count). The molecule has 0 spiro atoms. The summed E-state index contributed by atoms with van der Waals surface area (Å²) in [7, 11) is 1.54. The normalized spacial score (nSPS) is 11.0. The van der Waals surface area contributed by atoms with Gasteiger partial charge in [0, 0.05) is 5.56 Å². The third-order valence-corrected chi connectivity index (χ3v) is 5.55. The number of aromatic amines is 1. The van der Waals surface area contributed by atoms with Gasteiger partial charge < -0.3 is 10.1 Å². The molecule has 3 N–H and O–H groups in total. The molecule has 0 aliphatic heterocycles. The second-order valence-corrected chi connectivity index (χ2v) is 7.65. The fourth-order valence-electron chi connectivity index (χ4n) is 2.72. The van der Waals surface area contributed by atoms with E-state index in [-0.39, 0.29) is 5.75 Å². The molecule has 0 bridgehead atoms. The number of carboxylic acids is 1. The Morgan fingerprint density at radius 1 is 1.21 bits per heavy atom. The van der Waals surface area contributed by atoms with Gasteiger partial charge in [0.05, 0.1) is 34.3 Å². The van der Waals surface area contributed by atoms with Gasteiger partial charge in [-0.25, -0.2) is 4.98 Å². The van der Waals surface area contributed by atoms with Gasteiger partial charge in [-0.2, -0.15) is 0 Å². The predicted molar refractivity (Wildman–Crippen MR) is 109 cm³/mol. The van der Waals surface area contributed by atoms with Crippen molar-refractivity contribution in [2.45, 2.75) is 5.16 Å². The molecule has 2 aromatic heterocycles. The van der Waals surface area contributed by atoms with E-state index in [1.807, 2.05) is 41.9 Å². The number of thiazole rings is 1. The van der Waals surface area contributed by atoms with E-state index in [4.69, 9.17) is 9.94 Å². The Hall–Kier alpha value is -2.95. The van der Waals surface area contributed by atoms with Crippen LogP contribution in [0.1, 0.15) is 0 Å². The third-order valence-electron chi connectivity index (χ3n) is 3.89. The van der Waals surface area contributed by atoms with Gasteiger partial charge in [-0.1, -0.05) is 17.8 Å². The van der Waals surface area contributed by atoms with Crippen LogP contribution in [0.2, 0.25) is 0 Å². The SMILES string of the molecule is CONc1cc(-c2ccc3scnc3c2)cc(-c2nnc(SCC(=O)O)[nH]2)c1. The van der Waals surface area contributed by atoms with Crippen molar-refractivity contribution in [3.8, 4) is 22.5 Å². The summed E-state index contributed by atoms with van der Waals surface area (Å²) in [5.41, 5.74) is 9.15. The summed E-state index contributed by atoms with van der Waals surface area (Å²) in [6.07, 6.45) is 0. The van der Waals surface area contributed by atoms with Gasteiger partial charge in [0.1, 0.15) is 0 Å². The number of aliphatic carboxylic acids is 1. The van der Waals surface area contributed by atoms with Crippen molar-refractivity contribution in [2.75, 3.05) is 18.3 Å². The zero-order chi connectivity index (χ0) is 19.5. The van der Waals surface area contributed by atoms with E-state index >= 15 is 0 Å². The molecule has 0 saturated carbocycles. The molecule has 2 heterocycles. The van der Waals surface area contributed by atoms with Gasteiger partial charge in [-0.15, -0.1) is 21.5 Å². The van der Waals surface area contributed by atoms with Crippen LogP contribution in [0, 0.1) is 0 Å². The quantitative estimate of drug-likeness (QED) is 0.309. The zero-order valence-corrected chi connectivity index (χ0v) is 16.3. The van der Waals surface area contributed by atoms with Crippen molar-refractivity contribution in [2.24, 2.45) is 0 Å². The maximum Gasteiger partial charge on any atom is 0.313 e. The summed E-state index contributed by atoms with van der Waals surface area (Å²) in [6.45, 7) is 0. The summed E-state index contributed by atoms with van der Waals surface area (Å²) in [4.78, 5) is 23.2. The Morgan fingerprint density at radius 3 is 2.89 bits per heavy atom. The molecule has 0 radical (unpaired) electrons. The molecular weight excluding hydrogens is 398 g/mol. The fraction of sp³-hybridized carbons (Fsp3) is 0.111. The van der Waals surface area contributed by atoms with Crippen molar-refractivity contribution in [1.29, 1.82) is 0 Å². The lowest BCUT2D eigenvalue weighted by Gasteiger charge is -2.10. The molecule has 0 aliphatic carbocycles. The van der Waals surface area contributed by atoms with Crippen molar-refractivity contribution in [3.63, 3.8) is 0 Å². The summed E-state index contributed by atoms with van der Waals surface area (Å²) >= 11 is 2.69. The highest BCUT2D eigenvalue weighted by Gasteiger charge is 2.12. The summed E-state index contributed by atoms with van der Waals surface area (Å²) in [5, 5.41) is 17.4. The number of rotatable bonds is 7. The smallest absolute Gasteiger partial charge is 0.313 e. The molecule has 0 aliphatic rings. The molecule has 10 heteroatoms. The number of hydrogen-bond acceptors (Lipinski definition) is 8. The van der Waals surface area contributed by atoms with Crippen LogP contribution in [0.4, 0.5) is 5.69 Å². The topological polar surface area (TPSA) is 113 Å². The van der Waals surface area contributed by atoms with Crippen LogP contribution < -0.4 is 5.48 Å². The third kappa shape index (κ3) is 3.98. The van der Waals surface area contributed by atoms with Gasteiger partial charge in [0.15, 0.2) is 11.0 Å². The molecule has 0 saturated heterocycles. The summed E-state index contributed by atoms with van der Waals surface area (Å²) in [6, 6.07) is 12.0. The minimum Gasteiger partial charge on any atom is -0.481 e. The highest BCUT2D eigenvalue weighted by atomic mass is 32.2. The molecular formula is C18H15N5O3S2. The first-order chi connectivity index (χ1) is 13.6. The van der Waals surface area contributed by atoms with E-state index < -0.39 is 5.97 Å². The highest BCUT2D eigenvalue weighted by Crippen LogP contribution is 2.32. The molecule has 0 amide bonds. The maximum atomic E-state index is 10.7. The van der Waals surface area contributed by atoms with E-state index in [0.29, 0.717) is 11.0 Å². The number of carbonyl (C=O) groups is 1. The van der Waals surface area contributed by atoms with Crippen LogP contribution in [-0.2, 0) is 9.63 Å². The van der Waals surface area contributed by atoms with Crippen LogP contribution >= 0.6 is 23.1 Å². The number of fused-ring (bicyclic) bond motifs is 1. The number of thioether (sulfide) groups is 1. The number of anilines is 1. The number of nitrogens with one attached hydrogen (secondary N) is 2. The summed E-state index contributed by atoms with van der Waals surface area (Å²) in [5.74, 6) is -0.448. The lowest BCUT2D eigenvalue weighted by atomic mass is 10.0. The van der Waals surface area contributed by atoms with Gasteiger partial charge in [-0.3, -0.25) is 15.1 Å². The lowest BCUT2D eigenvalue weighted by Crippen LogP contribution is -1.98.